The molecule has 0 radical (unpaired) electrons. The molecule has 6 heteroatoms. The van der Waals surface area contributed by atoms with Crippen molar-refractivity contribution in [2.24, 2.45) is 4.99 Å². The number of benzene rings is 3. The van der Waals surface area contributed by atoms with Crippen molar-refractivity contribution < 1.29 is 14.0 Å². The lowest BCUT2D eigenvalue weighted by atomic mass is 10.1. The quantitative estimate of drug-likeness (QED) is 0.371. The first kappa shape index (κ1) is 22.1. The SMILES string of the molecule is Cc1cccc(C)c1NC(=O)c1ccc(N2C(=O)C(=Cc3ccco3)N=C2c2ccccc2)cc1. The van der Waals surface area contributed by atoms with Crippen LogP contribution in [0.1, 0.15) is 32.8 Å². The summed E-state index contributed by atoms with van der Waals surface area (Å²) in [5, 5.41) is 3.00. The molecule has 0 bridgehead atoms. The number of aliphatic imine (C=N–C) groups is 1. The van der Waals surface area contributed by atoms with Gasteiger partial charge in [0.1, 0.15) is 17.3 Å². The second-order valence-corrected chi connectivity index (χ2v) is 8.25. The lowest BCUT2D eigenvalue weighted by molar-refractivity contribution is -0.113. The number of rotatable bonds is 5. The Morgan fingerprint density at radius 2 is 1.60 bits per heavy atom. The average molecular weight is 462 g/mol. The van der Waals surface area contributed by atoms with Crippen LogP contribution >= 0.6 is 0 Å². The topological polar surface area (TPSA) is 74.9 Å². The molecule has 1 N–H and O–H groups in total. The molecule has 1 aliphatic rings. The Kier molecular flexibility index (Phi) is 5.85. The number of para-hydroxylation sites is 1. The lowest BCUT2D eigenvalue weighted by Crippen LogP contribution is -2.32. The minimum atomic E-state index is -0.270. The Hall–Kier alpha value is -4.71. The molecule has 3 aromatic carbocycles. The van der Waals surface area contributed by atoms with Crippen molar-refractivity contribution >= 4 is 35.1 Å². The highest BCUT2D eigenvalue weighted by atomic mass is 16.3. The van der Waals surface area contributed by atoms with E-state index in [-0.39, 0.29) is 17.5 Å². The van der Waals surface area contributed by atoms with Crippen LogP contribution in [0.15, 0.2) is 106 Å². The van der Waals surface area contributed by atoms with Crippen LogP contribution < -0.4 is 10.2 Å². The third-order valence-electron chi connectivity index (χ3n) is 5.82. The molecular formula is C29H23N3O3. The van der Waals surface area contributed by atoms with E-state index in [0.29, 0.717) is 22.8 Å². The molecule has 1 aromatic heterocycles. The molecule has 0 saturated heterocycles. The fourth-order valence-electron chi connectivity index (χ4n) is 4.00. The van der Waals surface area contributed by atoms with Gasteiger partial charge in [-0.1, -0.05) is 48.5 Å². The molecule has 2 amide bonds. The van der Waals surface area contributed by atoms with Gasteiger partial charge in [0.25, 0.3) is 11.8 Å². The van der Waals surface area contributed by atoms with Crippen LogP contribution in [-0.4, -0.2) is 17.6 Å². The van der Waals surface area contributed by atoms with Crippen molar-refractivity contribution in [1.29, 1.82) is 0 Å². The molecule has 4 aromatic rings. The van der Waals surface area contributed by atoms with Crippen LogP contribution in [0.2, 0.25) is 0 Å². The first-order chi connectivity index (χ1) is 17.0. The first-order valence-corrected chi connectivity index (χ1v) is 11.2. The minimum Gasteiger partial charge on any atom is -0.465 e. The maximum Gasteiger partial charge on any atom is 0.282 e. The molecule has 5 rings (SSSR count). The summed E-state index contributed by atoms with van der Waals surface area (Å²) in [6, 6.07) is 25.9. The van der Waals surface area contributed by atoms with Crippen LogP contribution in [0.3, 0.4) is 0 Å². The summed E-state index contributed by atoms with van der Waals surface area (Å²) in [5.41, 5.74) is 4.99. The summed E-state index contributed by atoms with van der Waals surface area (Å²) < 4.78 is 5.37. The van der Waals surface area contributed by atoms with E-state index in [2.05, 4.69) is 10.3 Å². The van der Waals surface area contributed by atoms with E-state index in [0.717, 1.165) is 22.4 Å². The highest BCUT2D eigenvalue weighted by molar-refractivity contribution is 6.33. The smallest absolute Gasteiger partial charge is 0.282 e. The van der Waals surface area contributed by atoms with Gasteiger partial charge in [-0.15, -0.1) is 0 Å². The Morgan fingerprint density at radius 3 is 2.26 bits per heavy atom. The molecule has 6 nitrogen and oxygen atoms in total. The highest BCUT2D eigenvalue weighted by Crippen LogP contribution is 2.28. The van der Waals surface area contributed by atoms with Gasteiger partial charge < -0.3 is 9.73 Å². The summed E-state index contributed by atoms with van der Waals surface area (Å²) >= 11 is 0. The molecule has 0 spiro atoms. The third-order valence-corrected chi connectivity index (χ3v) is 5.82. The summed E-state index contributed by atoms with van der Waals surface area (Å²) in [5.74, 6) is 0.580. The molecule has 35 heavy (non-hydrogen) atoms. The van der Waals surface area contributed by atoms with Crippen LogP contribution in [-0.2, 0) is 4.79 Å². The standard InChI is InChI=1S/C29H23N3O3/c1-19-8-6-9-20(2)26(19)31-28(33)22-13-15-23(16-14-22)32-27(21-10-4-3-5-11-21)30-25(29(32)34)18-24-12-7-17-35-24/h3-18H,1-2H3,(H,31,33). The summed E-state index contributed by atoms with van der Waals surface area (Å²) in [6.07, 6.45) is 3.17. The van der Waals surface area contributed by atoms with Crippen LogP contribution in [0.25, 0.3) is 6.08 Å². The zero-order chi connectivity index (χ0) is 24.4. The fourth-order valence-corrected chi connectivity index (χ4v) is 4.00. The molecule has 0 fully saturated rings. The van der Waals surface area contributed by atoms with Crippen molar-refractivity contribution in [2.75, 3.05) is 10.2 Å². The molecule has 1 aliphatic heterocycles. The predicted octanol–water partition coefficient (Wildman–Crippen LogP) is 5.98. The zero-order valence-electron chi connectivity index (χ0n) is 19.4. The number of nitrogens with zero attached hydrogens (tertiary/aromatic N) is 2. The van der Waals surface area contributed by atoms with Crippen molar-refractivity contribution in [3.8, 4) is 0 Å². The van der Waals surface area contributed by atoms with E-state index >= 15 is 0 Å². The van der Waals surface area contributed by atoms with Crippen molar-refractivity contribution in [1.82, 2.24) is 0 Å². The van der Waals surface area contributed by atoms with E-state index in [1.807, 2.05) is 62.4 Å². The Balaban J connectivity index is 1.45. The number of amides is 2. The zero-order valence-corrected chi connectivity index (χ0v) is 19.4. The predicted molar refractivity (Wildman–Crippen MR) is 137 cm³/mol. The third kappa shape index (κ3) is 4.42. The molecule has 0 unspecified atom stereocenters. The van der Waals surface area contributed by atoms with E-state index in [1.165, 1.54) is 0 Å². The number of nitrogens with one attached hydrogen (secondary N) is 1. The Labute approximate surface area is 203 Å². The van der Waals surface area contributed by atoms with Gasteiger partial charge in [-0.05, 0) is 61.4 Å². The van der Waals surface area contributed by atoms with Crippen molar-refractivity contribution in [3.63, 3.8) is 0 Å². The number of hydrogen-bond donors (Lipinski definition) is 1. The van der Waals surface area contributed by atoms with E-state index in [4.69, 9.17) is 4.42 Å². The van der Waals surface area contributed by atoms with Gasteiger partial charge in [-0.2, -0.15) is 0 Å². The number of hydrogen-bond acceptors (Lipinski definition) is 4. The maximum atomic E-state index is 13.4. The molecule has 172 valence electrons. The van der Waals surface area contributed by atoms with Crippen molar-refractivity contribution in [2.45, 2.75) is 13.8 Å². The largest absolute Gasteiger partial charge is 0.465 e. The van der Waals surface area contributed by atoms with E-state index in [1.54, 1.807) is 53.6 Å². The van der Waals surface area contributed by atoms with Crippen molar-refractivity contribution in [3.05, 3.63) is 125 Å². The number of carbonyl (C=O) groups is 2. The van der Waals surface area contributed by atoms with Gasteiger partial charge in [-0.3, -0.25) is 14.5 Å². The maximum absolute atomic E-state index is 13.4. The monoisotopic (exact) mass is 461 g/mol. The summed E-state index contributed by atoms with van der Waals surface area (Å²) in [7, 11) is 0. The first-order valence-electron chi connectivity index (χ1n) is 11.2. The molecular weight excluding hydrogens is 438 g/mol. The van der Waals surface area contributed by atoms with Gasteiger partial charge >= 0.3 is 0 Å². The lowest BCUT2D eigenvalue weighted by Gasteiger charge is -2.19. The second-order valence-electron chi connectivity index (χ2n) is 8.25. The molecule has 2 heterocycles. The number of furan rings is 1. The Bertz CT molecular complexity index is 1430. The van der Waals surface area contributed by atoms with E-state index < -0.39 is 0 Å². The second kappa shape index (κ2) is 9.27. The number of amidine groups is 1. The number of aryl methyl sites for hydroxylation is 2. The number of anilines is 2. The molecule has 0 aliphatic carbocycles. The van der Waals surface area contributed by atoms with Crippen LogP contribution in [0.5, 0.6) is 0 Å². The molecule has 0 atom stereocenters. The summed E-state index contributed by atoms with van der Waals surface area (Å²) in [6.45, 7) is 3.92. The summed E-state index contributed by atoms with van der Waals surface area (Å²) in [4.78, 5) is 32.4. The van der Waals surface area contributed by atoms with Gasteiger partial charge in [0.15, 0.2) is 0 Å². The van der Waals surface area contributed by atoms with Crippen LogP contribution in [0, 0.1) is 13.8 Å². The Morgan fingerprint density at radius 1 is 0.886 bits per heavy atom. The van der Waals surface area contributed by atoms with Gasteiger partial charge in [0, 0.05) is 22.9 Å². The van der Waals surface area contributed by atoms with Gasteiger partial charge in [0.2, 0.25) is 0 Å². The minimum absolute atomic E-state index is 0.211. The van der Waals surface area contributed by atoms with Crippen LogP contribution in [0.4, 0.5) is 11.4 Å². The fraction of sp³-hybridized carbons (Fsp3) is 0.0690. The van der Waals surface area contributed by atoms with Gasteiger partial charge in [0.05, 0.1) is 12.0 Å². The molecule has 0 saturated carbocycles. The number of carbonyl (C=O) groups excluding carboxylic acids is 2. The van der Waals surface area contributed by atoms with Gasteiger partial charge in [-0.25, -0.2) is 4.99 Å². The normalized spacial score (nSPS) is 14.3. The van der Waals surface area contributed by atoms with E-state index in [9.17, 15) is 9.59 Å². The highest BCUT2D eigenvalue weighted by Gasteiger charge is 2.32. The average Bonchev–Trinajstić information content (AvgIpc) is 3.50.